The fourth-order valence-corrected chi connectivity index (χ4v) is 2.91. The van der Waals surface area contributed by atoms with Crippen molar-refractivity contribution in [3.05, 3.63) is 5.82 Å². The van der Waals surface area contributed by atoms with Crippen molar-refractivity contribution < 1.29 is 9.53 Å². The number of nitrogens with zero attached hydrogens (tertiary/aromatic N) is 3. The van der Waals surface area contributed by atoms with Gasteiger partial charge in [0.2, 0.25) is 5.13 Å². The summed E-state index contributed by atoms with van der Waals surface area (Å²) in [5.41, 5.74) is 0. The molecule has 0 atom stereocenters. The van der Waals surface area contributed by atoms with Crippen LogP contribution in [0.15, 0.2) is 0 Å². The van der Waals surface area contributed by atoms with Crippen molar-refractivity contribution in [1.82, 2.24) is 14.3 Å². The van der Waals surface area contributed by atoms with Gasteiger partial charge in [-0.25, -0.2) is 9.78 Å². The molecular weight excluding hydrogens is 276 g/mol. The number of amides is 1. The van der Waals surface area contributed by atoms with Gasteiger partial charge in [0.15, 0.2) is 0 Å². The van der Waals surface area contributed by atoms with Gasteiger partial charge in [-0.2, -0.15) is 4.37 Å². The Hall–Kier alpha value is -1.37. The minimum absolute atomic E-state index is 0.205. The van der Waals surface area contributed by atoms with E-state index < -0.39 is 0 Å². The largest absolute Gasteiger partial charge is 0.450 e. The van der Waals surface area contributed by atoms with Crippen molar-refractivity contribution in [1.29, 1.82) is 0 Å². The normalized spacial score (nSPS) is 16.5. The van der Waals surface area contributed by atoms with Crippen molar-refractivity contribution in [3.63, 3.8) is 0 Å². The molecule has 1 aromatic heterocycles. The van der Waals surface area contributed by atoms with Crippen LogP contribution in [-0.2, 0) is 4.74 Å². The lowest BCUT2D eigenvalue weighted by Crippen LogP contribution is -2.42. The Morgan fingerprint density at radius 1 is 1.50 bits per heavy atom. The highest BCUT2D eigenvalue weighted by Gasteiger charge is 2.24. The zero-order valence-electron chi connectivity index (χ0n) is 12.3. The molecule has 1 N–H and O–H groups in total. The first kappa shape index (κ1) is 15.0. The summed E-state index contributed by atoms with van der Waals surface area (Å²) in [6.07, 6.45) is 1.62. The molecule has 0 spiro atoms. The van der Waals surface area contributed by atoms with E-state index in [9.17, 15) is 4.79 Å². The van der Waals surface area contributed by atoms with Gasteiger partial charge in [-0.1, -0.05) is 13.8 Å². The zero-order valence-corrected chi connectivity index (χ0v) is 13.1. The van der Waals surface area contributed by atoms with E-state index >= 15 is 0 Å². The number of ether oxygens (including phenoxy) is 1. The van der Waals surface area contributed by atoms with E-state index in [1.54, 1.807) is 4.90 Å². The lowest BCUT2D eigenvalue weighted by atomic mass is 10.1. The van der Waals surface area contributed by atoms with Crippen LogP contribution in [0.1, 0.15) is 45.4 Å². The van der Waals surface area contributed by atoms with Gasteiger partial charge in [-0.3, -0.25) is 0 Å². The molecule has 20 heavy (non-hydrogen) atoms. The Bertz CT molecular complexity index is 441. The Balaban J connectivity index is 1.80. The molecule has 0 aliphatic carbocycles. The molecule has 1 amide bonds. The summed E-state index contributed by atoms with van der Waals surface area (Å²) in [6, 6.07) is 0.355. The summed E-state index contributed by atoms with van der Waals surface area (Å²) in [6.45, 7) is 7.89. The third kappa shape index (κ3) is 3.82. The van der Waals surface area contributed by atoms with E-state index in [0.717, 1.165) is 36.9 Å². The van der Waals surface area contributed by atoms with E-state index in [1.807, 2.05) is 6.92 Å². The van der Waals surface area contributed by atoms with Crippen molar-refractivity contribution in [2.45, 2.75) is 45.6 Å². The minimum Gasteiger partial charge on any atom is -0.450 e. The van der Waals surface area contributed by atoms with Crippen LogP contribution in [0.4, 0.5) is 9.93 Å². The second-order valence-electron chi connectivity index (χ2n) is 5.22. The lowest BCUT2D eigenvalue weighted by molar-refractivity contribution is 0.0983. The molecule has 0 aromatic carbocycles. The molecule has 6 nitrogen and oxygen atoms in total. The number of likely N-dealkylation sites (tertiary alicyclic amines) is 1. The topological polar surface area (TPSA) is 67.3 Å². The molecule has 1 saturated heterocycles. The second kappa shape index (κ2) is 6.88. The van der Waals surface area contributed by atoms with E-state index in [4.69, 9.17) is 4.74 Å². The maximum Gasteiger partial charge on any atom is 0.409 e. The van der Waals surface area contributed by atoms with Crippen molar-refractivity contribution in [3.8, 4) is 0 Å². The highest BCUT2D eigenvalue weighted by Crippen LogP contribution is 2.21. The van der Waals surface area contributed by atoms with Gasteiger partial charge in [-0.05, 0) is 19.8 Å². The molecule has 1 aliphatic heterocycles. The molecule has 0 bridgehead atoms. The molecule has 1 aromatic rings. The highest BCUT2D eigenvalue weighted by atomic mass is 32.1. The van der Waals surface area contributed by atoms with Crippen LogP contribution in [0, 0.1) is 0 Å². The molecule has 0 radical (unpaired) electrons. The van der Waals surface area contributed by atoms with Crippen LogP contribution in [0.3, 0.4) is 0 Å². The van der Waals surface area contributed by atoms with E-state index in [2.05, 4.69) is 28.5 Å². The number of carbonyl (C=O) groups is 1. The van der Waals surface area contributed by atoms with E-state index in [0.29, 0.717) is 18.6 Å². The number of anilines is 1. The first-order valence-electron chi connectivity index (χ1n) is 7.12. The lowest BCUT2D eigenvalue weighted by Gasteiger charge is -2.31. The molecular formula is C13H22N4O2S. The van der Waals surface area contributed by atoms with Crippen LogP contribution in [0.5, 0.6) is 0 Å². The van der Waals surface area contributed by atoms with Crippen LogP contribution < -0.4 is 5.32 Å². The van der Waals surface area contributed by atoms with E-state index in [1.165, 1.54) is 11.5 Å². The Morgan fingerprint density at radius 2 is 2.20 bits per heavy atom. The Labute approximate surface area is 123 Å². The standard InChI is InChI=1S/C13H22N4O2S/c1-4-19-13(18)17-7-5-10(6-8-17)14-12-15-11(9(2)3)16-20-12/h9-10H,4-8H2,1-3H3,(H,14,15,16). The number of piperidine rings is 1. The predicted octanol–water partition coefficient (Wildman–Crippen LogP) is 2.69. The smallest absolute Gasteiger partial charge is 0.409 e. The van der Waals surface area contributed by atoms with Gasteiger partial charge < -0.3 is 15.0 Å². The molecule has 112 valence electrons. The third-order valence-corrected chi connectivity index (χ3v) is 3.97. The van der Waals surface area contributed by atoms with Crippen LogP contribution >= 0.6 is 11.5 Å². The number of hydrogen-bond acceptors (Lipinski definition) is 6. The predicted molar refractivity (Wildman–Crippen MR) is 79.2 cm³/mol. The summed E-state index contributed by atoms with van der Waals surface area (Å²) in [7, 11) is 0. The SMILES string of the molecule is CCOC(=O)N1CCC(Nc2nc(C(C)C)ns2)CC1. The number of rotatable bonds is 4. The summed E-state index contributed by atoms with van der Waals surface area (Å²) >= 11 is 1.41. The second-order valence-corrected chi connectivity index (χ2v) is 5.97. The van der Waals surface area contributed by atoms with Crippen molar-refractivity contribution in [2.24, 2.45) is 0 Å². The average molecular weight is 298 g/mol. The summed E-state index contributed by atoms with van der Waals surface area (Å²) in [4.78, 5) is 17.8. The maximum absolute atomic E-state index is 11.6. The molecule has 2 heterocycles. The van der Waals surface area contributed by atoms with Gasteiger partial charge >= 0.3 is 6.09 Å². The number of nitrogens with one attached hydrogen (secondary N) is 1. The highest BCUT2D eigenvalue weighted by molar-refractivity contribution is 7.09. The first-order valence-corrected chi connectivity index (χ1v) is 7.89. The molecule has 1 fully saturated rings. The molecule has 1 aliphatic rings. The number of aromatic nitrogens is 2. The van der Waals surface area contributed by atoms with Crippen LogP contribution in [0.2, 0.25) is 0 Å². The third-order valence-electron chi connectivity index (χ3n) is 3.31. The Kier molecular flexibility index (Phi) is 5.17. The maximum atomic E-state index is 11.6. The summed E-state index contributed by atoms with van der Waals surface area (Å²) in [5, 5.41) is 4.29. The Morgan fingerprint density at radius 3 is 2.75 bits per heavy atom. The zero-order chi connectivity index (χ0) is 14.5. The molecule has 0 saturated carbocycles. The average Bonchev–Trinajstić information content (AvgIpc) is 2.88. The van der Waals surface area contributed by atoms with Crippen LogP contribution in [0.25, 0.3) is 0 Å². The molecule has 2 rings (SSSR count). The summed E-state index contributed by atoms with van der Waals surface area (Å²) in [5.74, 6) is 1.24. The van der Waals surface area contributed by atoms with Crippen LogP contribution in [-0.4, -0.2) is 46.1 Å². The first-order chi connectivity index (χ1) is 9.60. The van der Waals surface area contributed by atoms with Gasteiger partial charge in [0.25, 0.3) is 0 Å². The fourth-order valence-electron chi connectivity index (χ4n) is 2.12. The summed E-state index contributed by atoms with van der Waals surface area (Å²) < 4.78 is 9.34. The van der Waals surface area contributed by atoms with Gasteiger partial charge in [-0.15, -0.1) is 0 Å². The fraction of sp³-hybridized carbons (Fsp3) is 0.769. The van der Waals surface area contributed by atoms with Gasteiger partial charge in [0, 0.05) is 36.6 Å². The minimum atomic E-state index is -0.205. The van der Waals surface area contributed by atoms with E-state index in [-0.39, 0.29) is 6.09 Å². The van der Waals surface area contributed by atoms with Gasteiger partial charge in [0.05, 0.1) is 6.61 Å². The van der Waals surface area contributed by atoms with Crippen molar-refractivity contribution in [2.75, 3.05) is 25.0 Å². The number of hydrogen-bond donors (Lipinski definition) is 1. The molecule has 7 heteroatoms. The number of carbonyl (C=O) groups excluding carboxylic acids is 1. The van der Waals surface area contributed by atoms with Crippen molar-refractivity contribution >= 4 is 22.8 Å². The van der Waals surface area contributed by atoms with Gasteiger partial charge in [0.1, 0.15) is 5.82 Å². The quantitative estimate of drug-likeness (QED) is 0.925. The molecule has 0 unspecified atom stereocenters. The monoisotopic (exact) mass is 298 g/mol.